The van der Waals surface area contributed by atoms with E-state index in [9.17, 15) is 19.7 Å². The van der Waals surface area contributed by atoms with E-state index in [1.165, 1.54) is 30.3 Å². The SMILES string of the molecule is Cc1ccc(C(=O)OCOOCc2ccc([N+](=O)[O-])cc2COO)c(C(=O)O)c1. The summed E-state index contributed by atoms with van der Waals surface area (Å²) in [4.78, 5) is 47.1. The number of carboxylic acid groups (broad SMARTS) is 1. The molecule has 0 radical (unpaired) electrons. The lowest BCUT2D eigenvalue weighted by atomic mass is 10.0. The Morgan fingerprint density at radius 3 is 2.45 bits per heavy atom. The zero-order valence-corrected chi connectivity index (χ0v) is 15.2. The fourth-order valence-corrected chi connectivity index (χ4v) is 2.38. The first kappa shape index (κ1) is 21.9. The van der Waals surface area contributed by atoms with Crippen molar-refractivity contribution in [1.29, 1.82) is 0 Å². The highest BCUT2D eigenvalue weighted by Gasteiger charge is 2.18. The molecular weight excluding hydrogens is 390 g/mol. The molecule has 0 aliphatic carbocycles. The molecule has 0 aromatic heterocycles. The van der Waals surface area contributed by atoms with Crippen LogP contribution in [0.15, 0.2) is 36.4 Å². The molecule has 0 bridgehead atoms. The maximum Gasteiger partial charge on any atom is 0.341 e. The van der Waals surface area contributed by atoms with Gasteiger partial charge in [0.1, 0.15) is 13.2 Å². The van der Waals surface area contributed by atoms with Crippen LogP contribution in [0.3, 0.4) is 0 Å². The number of hydrogen-bond donors (Lipinski definition) is 2. The maximum absolute atomic E-state index is 12.0. The van der Waals surface area contributed by atoms with Crippen LogP contribution in [0.4, 0.5) is 5.69 Å². The molecule has 2 rings (SSSR count). The van der Waals surface area contributed by atoms with Crippen molar-refractivity contribution in [2.24, 2.45) is 0 Å². The molecule has 0 fully saturated rings. The largest absolute Gasteiger partial charge is 0.478 e. The second-order valence-corrected chi connectivity index (χ2v) is 5.77. The smallest absolute Gasteiger partial charge is 0.341 e. The summed E-state index contributed by atoms with van der Waals surface area (Å²) in [5.74, 6) is -2.18. The van der Waals surface area contributed by atoms with Crippen molar-refractivity contribution in [1.82, 2.24) is 0 Å². The number of nitro groups is 1. The predicted molar refractivity (Wildman–Crippen MR) is 94.8 cm³/mol. The molecule has 2 aromatic carbocycles. The molecule has 0 amide bonds. The van der Waals surface area contributed by atoms with Crippen LogP contribution in [0.5, 0.6) is 0 Å². The normalized spacial score (nSPS) is 10.6. The Labute approximate surface area is 164 Å². The predicted octanol–water partition coefficient (Wildman–Crippen LogP) is 2.85. The molecule has 0 aliphatic rings. The number of esters is 1. The topological polar surface area (TPSA) is 155 Å². The van der Waals surface area contributed by atoms with Gasteiger partial charge in [-0.15, -0.1) is 0 Å². The van der Waals surface area contributed by atoms with Gasteiger partial charge < -0.3 is 9.84 Å². The number of aromatic carboxylic acids is 1. The number of nitrogens with zero attached hydrogens (tertiary/aromatic N) is 1. The summed E-state index contributed by atoms with van der Waals surface area (Å²) >= 11 is 0. The third-order valence-electron chi connectivity index (χ3n) is 3.78. The Morgan fingerprint density at radius 1 is 1.03 bits per heavy atom. The number of benzene rings is 2. The fourth-order valence-electron chi connectivity index (χ4n) is 2.38. The van der Waals surface area contributed by atoms with E-state index in [1.807, 2.05) is 0 Å². The quantitative estimate of drug-likeness (QED) is 0.150. The number of carboxylic acids is 1. The van der Waals surface area contributed by atoms with Gasteiger partial charge in [-0.2, -0.15) is 4.89 Å². The molecule has 0 spiro atoms. The van der Waals surface area contributed by atoms with Gasteiger partial charge in [0.25, 0.3) is 5.69 Å². The van der Waals surface area contributed by atoms with Crippen molar-refractivity contribution in [2.45, 2.75) is 20.1 Å². The van der Waals surface area contributed by atoms with Gasteiger partial charge in [0.2, 0.25) is 6.79 Å². The average molecular weight is 407 g/mol. The van der Waals surface area contributed by atoms with E-state index < -0.39 is 23.7 Å². The second kappa shape index (κ2) is 10.2. The molecular formula is C18H17NO10. The first-order valence-corrected chi connectivity index (χ1v) is 8.11. The number of nitro benzene ring substituents is 1. The van der Waals surface area contributed by atoms with Gasteiger partial charge in [-0.25, -0.2) is 19.4 Å². The maximum atomic E-state index is 12.0. The van der Waals surface area contributed by atoms with Crippen LogP contribution in [0, 0.1) is 17.0 Å². The van der Waals surface area contributed by atoms with Gasteiger partial charge in [0, 0.05) is 12.1 Å². The first-order chi connectivity index (χ1) is 13.8. The van der Waals surface area contributed by atoms with Crippen LogP contribution in [0.25, 0.3) is 0 Å². The number of ether oxygens (including phenoxy) is 1. The van der Waals surface area contributed by atoms with Crippen molar-refractivity contribution in [3.8, 4) is 0 Å². The van der Waals surface area contributed by atoms with Crippen LogP contribution >= 0.6 is 0 Å². The summed E-state index contributed by atoms with van der Waals surface area (Å²) in [5.41, 5.74) is 0.878. The van der Waals surface area contributed by atoms with Crippen LogP contribution in [-0.2, 0) is 32.6 Å². The first-order valence-electron chi connectivity index (χ1n) is 8.11. The molecule has 2 N–H and O–H groups in total. The lowest BCUT2D eigenvalue weighted by Gasteiger charge is -2.10. The van der Waals surface area contributed by atoms with E-state index in [0.29, 0.717) is 16.7 Å². The third kappa shape index (κ3) is 6.05. The van der Waals surface area contributed by atoms with Crippen molar-refractivity contribution < 1.29 is 44.3 Å². The molecule has 11 nitrogen and oxygen atoms in total. The van der Waals surface area contributed by atoms with Gasteiger partial charge in [0.15, 0.2) is 0 Å². The number of hydrogen-bond acceptors (Lipinski definition) is 9. The van der Waals surface area contributed by atoms with Crippen LogP contribution in [-0.4, -0.2) is 34.0 Å². The Hall–Kier alpha value is -3.38. The molecule has 0 saturated heterocycles. The highest BCUT2D eigenvalue weighted by Crippen LogP contribution is 2.20. The lowest BCUT2D eigenvalue weighted by Crippen LogP contribution is -2.14. The van der Waals surface area contributed by atoms with Gasteiger partial charge in [-0.05, 0) is 36.2 Å². The number of aryl methyl sites for hydroxylation is 1. The molecule has 0 heterocycles. The van der Waals surface area contributed by atoms with Gasteiger partial charge in [-0.1, -0.05) is 11.6 Å². The van der Waals surface area contributed by atoms with E-state index in [4.69, 9.17) is 24.9 Å². The highest BCUT2D eigenvalue weighted by molar-refractivity contribution is 6.02. The Balaban J connectivity index is 1.90. The van der Waals surface area contributed by atoms with Gasteiger partial charge in [-0.3, -0.25) is 15.4 Å². The third-order valence-corrected chi connectivity index (χ3v) is 3.78. The van der Waals surface area contributed by atoms with Crippen LogP contribution < -0.4 is 0 Å². The zero-order chi connectivity index (χ0) is 21.4. The van der Waals surface area contributed by atoms with E-state index in [0.717, 1.165) is 0 Å². The number of rotatable bonds is 10. The van der Waals surface area contributed by atoms with E-state index in [1.54, 1.807) is 13.0 Å². The monoisotopic (exact) mass is 407 g/mol. The molecule has 2 aromatic rings. The van der Waals surface area contributed by atoms with Gasteiger partial charge >= 0.3 is 11.9 Å². The molecule has 29 heavy (non-hydrogen) atoms. The molecule has 0 saturated carbocycles. The lowest BCUT2D eigenvalue weighted by molar-refractivity contribution is -0.385. The molecule has 0 aliphatic heterocycles. The van der Waals surface area contributed by atoms with Crippen molar-refractivity contribution >= 4 is 17.6 Å². The van der Waals surface area contributed by atoms with Crippen molar-refractivity contribution in [3.05, 3.63) is 74.3 Å². The summed E-state index contributed by atoms with van der Waals surface area (Å²) in [6, 6.07) is 8.09. The standard InChI is InChI=1S/C18H17NO10/c1-11-2-5-15(16(6-11)17(20)21)18(22)26-10-29-28-9-12-3-4-14(19(23)24)7-13(12)8-27-25/h2-7,25H,8-10H2,1H3,(H,20,21). The number of carbonyl (C=O) groups excluding carboxylic acids is 1. The fraction of sp³-hybridized carbons (Fsp3) is 0.222. The average Bonchev–Trinajstić information content (AvgIpc) is 2.68. The van der Waals surface area contributed by atoms with E-state index in [-0.39, 0.29) is 30.0 Å². The van der Waals surface area contributed by atoms with Crippen LogP contribution in [0.2, 0.25) is 0 Å². The molecule has 154 valence electrons. The molecule has 0 atom stereocenters. The minimum atomic E-state index is -1.27. The van der Waals surface area contributed by atoms with Crippen molar-refractivity contribution in [3.63, 3.8) is 0 Å². The summed E-state index contributed by atoms with van der Waals surface area (Å²) in [6.07, 6.45) is 0. The van der Waals surface area contributed by atoms with Crippen molar-refractivity contribution in [2.75, 3.05) is 6.79 Å². The minimum Gasteiger partial charge on any atom is -0.478 e. The van der Waals surface area contributed by atoms with E-state index in [2.05, 4.69) is 4.89 Å². The van der Waals surface area contributed by atoms with Gasteiger partial charge in [0.05, 0.1) is 16.1 Å². The summed E-state index contributed by atoms with van der Waals surface area (Å²) in [7, 11) is 0. The summed E-state index contributed by atoms with van der Waals surface area (Å²) in [6.45, 7) is 0.581. The second-order valence-electron chi connectivity index (χ2n) is 5.77. The highest BCUT2D eigenvalue weighted by atomic mass is 17.2. The molecule has 11 heteroatoms. The Bertz CT molecular complexity index is 912. The van der Waals surface area contributed by atoms with Crippen LogP contribution in [0.1, 0.15) is 37.4 Å². The number of non-ortho nitro benzene ring substituents is 1. The minimum absolute atomic E-state index is 0.135. The Morgan fingerprint density at radius 2 is 1.79 bits per heavy atom. The Kier molecular flexibility index (Phi) is 7.74. The molecule has 0 unspecified atom stereocenters. The van der Waals surface area contributed by atoms with E-state index >= 15 is 0 Å². The zero-order valence-electron chi connectivity index (χ0n) is 15.2. The number of carbonyl (C=O) groups is 2. The summed E-state index contributed by atoms with van der Waals surface area (Å²) < 4.78 is 4.82. The summed E-state index contributed by atoms with van der Waals surface area (Å²) in [5, 5.41) is 28.5.